The smallest absolute Gasteiger partial charge is 0.137 e. The lowest BCUT2D eigenvalue weighted by atomic mass is 9.89. The fourth-order valence-electron chi connectivity index (χ4n) is 1.58. The van der Waals surface area contributed by atoms with Crippen molar-refractivity contribution in [2.24, 2.45) is 0 Å². The highest BCUT2D eigenvalue weighted by molar-refractivity contribution is 5.31. The zero-order valence-corrected chi connectivity index (χ0v) is 9.72. The molecule has 1 rings (SSSR count). The summed E-state index contributed by atoms with van der Waals surface area (Å²) in [5.41, 5.74) is 2.44. The van der Waals surface area contributed by atoms with Crippen LogP contribution in [0.1, 0.15) is 39.0 Å². The summed E-state index contributed by atoms with van der Waals surface area (Å²) in [7, 11) is 0. The fraction of sp³-hybridized carbons (Fsp3) is 0.583. The van der Waals surface area contributed by atoms with Gasteiger partial charge in [-0.15, -0.1) is 0 Å². The Bertz CT molecular complexity index is 313. The molecule has 0 aromatic carbocycles. The summed E-state index contributed by atoms with van der Waals surface area (Å²) < 4.78 is 5.39. The normalized spacial score (nSPS) is 11.5. The molecule has 0 atom stereocenters. The molecule has 0 spiro atoms. The molecule has 78 valence electrons. The number of pyridine rings is 1. The lowest BCUT2D eigenvalue weighted by Gasteiger charge is -2.20. The van der Waals surface area contributed by atoms with Gasteiger partial charge in [-0.1, -0.05) is 20.8 Å². The molecule has 0 aliphatic rings. The fourth-order valence-corrected chi connectivity index (χ4v) is 1.58. The van der Waals surface area contributed by atoms with Crippen molar-refractivity contribution in [3.8, 4) is 5.75 Å². The van der Waals surface area contributed by atoms with Crippen LogP contribution in [0, 0.1) is 6.92 Å². The molecule has 0 N–H and O–H groups in total. The van der Waals surface area contributed by atoms with Gasteiger partial charge in [0.15, 0.2) is 0 Å². The van der Waals surface area contributed by atoms with Gasteiger partial charge >= 0.3 is 0 Å². The van der Waals surface area contributed by atoms with Crippen molar-refractivity contribution in [2.75, 3.05) is 6.61 Å². The minimum absolute atomic E-state index is 0.106. The number of hydrogen-bond donors (Lipinski definition) is 0. The molecule has 0 aliphatic carbocycles. The minimum Gasteiger partial charge on any atom is -0.492 e. The van der Waals surface area contributed by atoms with Gasteiger partial charge in [-0.05, 0) is 25.5 Å². The second-order valence-corrected chi connectivity index (χ2v) is 4.52. The van der Waals surface area contributed by atoms with Gasteiger partial charge in [-0.25, -0.2) is 0 Å². The van der Waals surface area contributed by atoms with Crippen molar-refractivity contribution < 1.29 is 4.74 Å². The van der Waals surface area contributed by atoms with Crippen molar-refractivity contribution in [3.63, 3.8) is 0 Å². The molecular formula is C12H19NO. The molecule has 0 aliphatic heterocycles. The van der Waals surface area contributed by atoms with E-state index in [1.165, 1.54) is 5.56 Å². The molecular weight excluding hydrogens is 174 g/mol. The summed E-state index contributed by atoms with van der Waals surface area (Å²) in [6.07, 6.45) is 1.80. The van der Waals surface area contributed by atoms with Crippen molar-refractivity contribution in [2.45, 2.75) is 40.0 Å². The first-order valence-electron chi connectivity index (χ1n) is 5.05. The van der Waals surface area contributed by atoms with Gasteiger partial charge in [0.25, 0.3) is 0 Å². The Morgan fingerprint density at radius 2 is 2.00 bits per heavy atom. The summed E-state index contributed by atoms with van der Waals surface area (Å²) in [6.45, 7) is 11.3. The van der Waals surface area contributed by atoms with Gasteiger partial charge in [0, 0.05) is 11.1 Å². The Morgan fingerprint density at radius 3 is 2.43 bits per heavy atom. The molecule has 0 fully saturated rings. The number of rotatable bonds is 2. The maximum atomic E-state index is 5.39. The van der Waals surface area contributed by atoms with Gasteiger partial charge < -0.3 is 4.74 Å². The lowest BCUT2D eigenvalue weighted by Crippen LogP contribution is -2.15. The van der Waals surface area contributed by atoms with E-state index in [2.05, 4.69) is 38.7 Å². The van der Waals surface area contributed by atoms with Crippen LogP contribution in [0.25, 0.3) is 0 Å². The largest absolute Gasteiger partial charge is 0.492 e. The third-order valence-electron chi connectivity index (χ3n) is 2.07. The van der Waals surface area contributed by atoms with Crippen molar-refractivity contribution in [3.05, 3.63) is 23.5 Å². The molecule has 0 amide bonds. The standard InChI is InChI=1S/C12H19NO/c1-6-14-10-7-9(2)11(13-8-10)12(3,4)5/h7-8H,6H2,1-5H3. The van der Waals surface area contributed by atoms with Gasteiger partial charge in [0.1, 0.15) is 5.75 Å². The van der Waals surface area contributed by atoms with E-state index in [9.17, 15) is 0 Å². The van der Waals surface area contributed by atoms with Gasteiger partial charge in [0.2, 0.25) is 0 Å². The third-order valence-corrected chi connectivity index (χ3v) is 2.07. The summed E-state index contributed by atoms with van der Waals surface area (Å²) in [5.74, 6) is 0.859. The average molecular weight is 193 g/mol. The maximum Gasteiger partial charge on any atom is 0.137 e. The predicted molar refractivity (Wildman–Crippen MR) is 58.8 cm³/mol. The quantitative estimate of drug-likeness (QED) is 0.720. The molecule has 0 unspecified atom stereocenters. The van der Waals surface area contributed by atoms with Crippen LogP contribution >= 0.6 is 0 Å². The van der Waals surface area contributed by atoms with Crippen molar-refractivity contribution >= 4 is 0 Å². The first kappa shape index (κ1) is 11.0. The van der Waals surface area contributed by atoms with Crippen LogP contribution < -0.4 is 4.74 Å². The Morgan fingerprint density at radius 1 is 1.36 bits per heavy atom. The molecule has 0 saturated heterocycles. The zero-order valence-electron chi connectivity index (χ0n) is 9.72. The van der Waals surface area contributed by atoms with E-state index in [-0.39, 0.29) is 5.41 Å². The molecule has 1 heterocycles. The number of nitrogens with zero attached hydrogens (tertiary/aromatic N) is 1. The topological polar surface area (TPSA) is 22.1 Å². The van der Waals surface area contributed by atoms with E-state index < -0.39 is 0 Å². The second-order valence-electron chi connectivity index (χ2n) is 4.52. The maximum absolute atomic E-state index is 5.39. The van der Waals surface area contributed by atoms with Crippen molar-refractivity contribution in [1.82, 2.24) is 4.98 Å². The van der Waals surface area contributed by atoms with E-state index in [1.807, 2.05) is 6.92 Å². The molecule has 1 aromatic rings. The van der Waals surface area contributed by atoms with Crippen LogP contribution in [0.15, 0.2) is 12.3 Å². The SMILES string of the molecule is CCOc1cnc(C(C)(C)C)c(C)c1. The molecule has 2 nitrogen and oxygen atoms in total. The Labute approximate surface area is 86.3 Å². The number of hydrogen-bond acceptors (Lipinski definition) is 2. The van der Waals surface area contributed by atoms with Gasteiger partial charge in [-0.2, -0.15) is 0 Å². The van der Waals surface area contributed by atoms with Crippen LogP contribution in [0.2, 0.25) is 0 Å². The van der Waals surface area contributed by atoms with Crippen LogP contribution in [-0.4, -0.2) is 11.6 Å². The van der Waals surface area contributed by atoms with E-state index >= 15 is 0 Å². The molecule has 1 aromatic heterocycles. The highest BCUT2D eigenvalue weighted by Gasteiger charge is 2.17. The number of aryl methyl sites for hydroxylation is 1. The number of ether oxygens (including phenoxy) is 1. The van der Waals surface area contributed by atoms with Crippen LogP contribution in [-0.2, 0) is 5.41 Å². The van der Waals surface area contributed by atoms with E-state index in [0.29, 0.717) is 6.61 Å². The monoisotopic (exact) mass is 193 g/mol. The Balaban J connectivity index is 3.02. The second kappa shape index (κ2) is 3.99. The molecule has 14 heavy (non-hydrogen) atoms. The molecule has 0 bridgehead atoms. The third kappa shape index (κ3) is 2.47. The average Bonchev–Trinajstić information content (AvgIpc) is 2.02. The Hall–Kier alpha value is -1.05. The first-order chi connectivity index (χ1) is 6.45. The summed E-state index contributed by atoms with van der Waals surface area (Å²) in [4.78, 5) is 4.44. The lowest BCUT2D eigenvalue weighted by molar-refractivity contribution is 0.338. The summed E-state index contributed by atoms with van der Waals surface area (Å²) >= 11 is 0. The minimum atomic E-state index is 0.106. The zero-order chi connectivity index (χ0) is 10.8. The van der Waals surface area contributed by atoms with Crippen LogP contribution in [0.3, 0.4) is 0 Å². The van der Waals surface area contributed by atoms with E-state index in [4.69, 9.17) is 4.74 Å². The Kier molecular flexibility index (Phi) is 3.14. The van der Waals surface area contributed by atoms with Crippen LogP contribution in [0.4, 0.5) is 0 Å². The van der Waals surface area contributed by atoms with E-state index in [0.717, 1.165) is 11.4 Å². The first-order valence-corrected chi connectivity index (χ1v) is 5.05. The van der Waals surface area contributed by atoms with Crippen molar-refractivity contribution in [1.29, 1.82) is 0 Å². The molecule has 2 heteroatoms. The highest BCUT2D eigenvalue weighted by Crippen LogP contribution is 2.25. The summed E-state index contributed by atoms with van der Waals surface area (Å²) in [5, 5.41) is 0. The predicted octanol–water partition coefficient (Wildman–Crippen LogP) is 3.09. The van der Waals surface area contributed by atoms with Gasteiger partial charge in [0.05, 0.1) is 12.8 Å². The highest BCUT2D eigenvalue weighted by atomic mass is 16.5. The summed E-state index contributed by atoms with van der Waals surface area (Å²) in [6, 6.07) is 2.05. The van der Waals surface area contributed by atoms with Crippen LogP contribution in [0.5, 0.6) is 5.75 Å². The van der Waals surface area contributed by atoms with E-state index in [1.54, 1.807) is 6.20 Å². The molecule has 0 saturated carbocycles. The molecule has 0 radical (unpaired) electrons. The number of aromatic nitrogens is 1. The van der Waals surface area contributed by atoms with Gasteiger partial charge in [-0.3, -0.25) is 4.98 Å².